The number of Topliss-reactive ketones (excluding diaryl/α,β-unsaturated/α-hetero) is 1. The van der Waals surface area contributed by atoms with Crippen molar-refractivity contribution in [2.24, 2.45) is 34.5 Å². The van der Waals surface area contributed by atoms with Gasteiger partial charge in [-0.05, 0) is 68.6 Å². The number of carbonyl (C=O) groups is 4. The molecule has 0 aromatic heterocycles. The first-order chi connectivity index (χ1) is 20.6. The van der Waals surface area contributed by atoms with E-state index in [0.29, 0.717) is 18.8 Å². The van der Waals surface area contributed by atoms with E-state index in [1.807, 2.05) is 6.92 Å². The summed E-state index contributed by atoms with van der Waals surface area (Å²) < 4.78 is 45.1. The molecule has 0 aromatic rings. The molecular formula is C35H50F2O7. The molecule has 7 nitrogen and oxygen atoms in total. The highest BCUT2D eigenvalue weighted by Gasteiger charge is 2.78. The van der Waals surface area contributed by atoms with Crippen molar-refractivity contribution in [3.8, 4) is 0 Å². The quantitative estimate of drug-likeness (QED) is 0.253. The predicted molar refractivity (Wildman–Crippen MR) is 161 cm³/mol. The first-order valence-electron chi connectivity index (χ1n) is 16.5. The number of alkyl halides is 2. The SMILES string of the molecule is CCCCC(=O)OC1(C(=O)COC(=O)CCCC(C)CC)C(C)CC2C3CC(F)C4=CC(=O)C=CC4(C)C3(F)C(O)CC21C. The van der Waals surface area contributed by atoms with Gasteiger partial charge in [0.05, 0.1) is 6.10 Å². The second kappa shape index (κ2) is 12.8. The van der Waals surface area contributed by atoms with Crippen molar-refractivity contribution in [2.45, 2.75) is 129 Å². The largest absolute Gasteiger partial charge is 0.457 e. The minimum absolute atomic E-state index is 0.0195. The Labute approximate surface area is 260 Å². The van der Waals surface area contributed by atoms with Gasteiger partial charge in [0.1, 0.15) is 6.17 Å². The molecule has 246 valence electrons. The van der Waals surface area contributed by atoms with E-state index < -0.39 is 82.2 Å². The van der Waals surface area contributed by atoms with Crippen molar-refractivity contribution in [2.75, 3.05) is 6.61 Å². The maximum atomic E-state index is 17.6. The molecule has 1 N–H and O–H groups in total. The van der Waals surface area contributed by atoms with Crippen LogP contribution in [0.5, 0.6) is 0 Å². The van der Waals surface area contributed by atoms with Gasteiger partial charge >= 0.3 is 11.9 Å². The molecule has 0 amide bonds. The van der Waals surface area contributed by atoms with Crippen LogP contribution in [0.1, 0.15) is 106 Å². The zero-order valence-corrected chi connectivity index (χ0v) is 27.1. The van der Waals surface area contributed by atoms with Gasteiger partial charge in [0.2, 0.25) is 5.78 Å². The summed E-state index contributed by atoms with van der Waals surface area (Å²) in [7, 11) is 0. The maximum Gasteiger partial charge on any atom is 0.306 e. The summed E-state index contributed by atoms with van der Waals surface area (Å²) in [5, 5.41) is 11.7. The van der Waals surface area contributed by atoms with Crippen LogP contribution in [0.25, 0.3) is 0 Å². The third-order valence-corrected chi connectivity index (χ3v) is 11.7. The summed E-state index contributed by atoms with van der Waals surface area (Å²) >= 11 is 0. The first kappa shape index (κ1) is 34.5. The number of rotatable bonds is 12. The molecule has 9 heteroatoms. The Kier molecular flexibility index (Phi) is 9.99. The average molecular weight is 621 g/mol. The van der Waals surface area contributed by atoms with E-state index in [9.17, 15) is 24.3 Å². The third kappa shape index (κ3) is 5.39. The molecule has 0 bridgehead atoms. The molecule has 0 saturated heterocycles. The minimum atomic E-state index is -2.32. The second-order valence-electron chi connectivity index (χ2n) is 14.3. The average Bonchev–Trinajstić information content (AvgIpc) is 3.19. The smallest absolute Gasteiger partial charge is 0.306 e. The van der Waals surface area contributed by atoms with Gasteiger partial charge in [0, 0.05) is 35.5 Å². The molecular weight excluding hydrogens is 570 g/mol. The molecule has 0 aromatic carbocycles. The summed E-state index contributed by atoms with van der Waals surface area (Å²) in [5.74, 6) is -3.94. The number of aliphatic hydroxyl groups is 1. The normalized spacial score (nSPS) is 39.9. The number of aliphatic hydroxyl groups excluding tert-OH is 1. The van der Waals surface area contributed by atoms with Gasteiger partial charge in [-0.3, -0.25) is 19.2 Å². The Morgan fingerprint density at radius 3 is 2.43 bits per heavy atom. The predicted octanol–water partition coefficient (Wildman–Crippen LogP) is 6.35. The molecule has 4 aliphatic carbocycles. The van der Waals surface area contributed by atoms with E-state index in [1.54, 1.807) is 13.8 Å². The topological polar surface area (TPSA) is 107 Å². The summed E-state index contributed by atoms with van der Waals surface area (Å²) in [6, 6.07) is 0. The number of hydrogen-bond acceptors (Lipinski definition) is 7. The van der Waals surface area contributed by atoms with Crippen LogP contribution in [0.15, 0.2) is 23.8 Å². The second-order valence-corrected chi connectivity index (χ2v) is 14.3. The van der Waals surface area contributed by atoms with Crippen molar-refractivity contribution in [1.82, 2.24) is 0 Å². The number of unbranched alkanes of at least 4 members (excludes halogenated alkanes) is 1. The number of ketones is 2. The van der Waals surface area contributed by atoms with Crippen molar-refractivity contribution < 1.29 is 42.5 Å². The fourth-order valence-electron chi connectivity index (χ4n) is 9.07. The number of carbonyl (C=O) groups excluding carboxylic acids is 4. The Morgan fingerprint density at radius 2 is 1.77 bits per heavy atom. The molecule has 0 radical (unpaired) electrons. The number of ether oxygens (including phenoxy) is 2. The van der Waals surface area contributed by atoms with Crippen LogP contribution < -0.4 is 0 Å². The third-order valence-electron chi connectivity index (χ3n) is 11.7. The van der Waals surface area contributed by atoms with Crippen LogP contribution >= 0.6 is 0 Å². The Morgan fingerprint density at radius 1 is 1.09 bits per heavy atom. The van der Waals surface area contributed by atoms with Crippen molar-refractivity contribution in [3.05, 3.63) is 23.8 Å². The van der Waals surface area contributed by atoms with Gasteiger partial charge in [-0.1, -0.05) is 60.0 Å². The lowest BCUT2D eigenvalue weighted by molar-refractivity contribution is -0.232. The highest BCUT2D eigenvalue weighted by Crippen LogP contribution is 2.71. The molecule has 44 heavy (non-hydrogen) atoms. The number of esters is 2. The van der Waals surface area contributed by atoms with E-state index in [0.717, 1.165) is 25.3 Å². The summed E-state index contributed by atoms with van der Waals surface area (Å²) in [6.07, 6.45) is 4.19. The van der Waals surface area contributed by atoms with Crippen LogP contribution in [0.4, 0.5) is 8.78 Å². The summed E-state index contributed by atoms with van der Waals surface area (Å²) in [6.45, 7) is 10.5. The zero-order valence-electron chi connectivity index (χ0n) is 27.1. The Hall–Kier alpha value is -2.42. The van der Waals surface area contributed by atoms with E-state index in [2.05, 4.69) is 13.8 Å². The number of allylic oxidation sites excluding steroid dienone is 4. The van der Waals surface area contributed by atoms with Gasteiger partial charge in [-0.15, -0.1) is 0 Å². The van der Waals surface area contributed by atoms with Crippen LogP contribution in [0.2, 0.25) is 0 Å². The minimum Gasteiger partial charge on any atom is -0.457 e. The lowest BCUT2D eigenvalue weighted by Crippen LogP contribution is -2.71. The van der Waals surface area contributed by atoms with Gasteiger partial charge in [0.25, 0.3) is 0 Å². The first-order valence-corrected chi connectivity index (χ1v) is 16.5. The molecule has 3 fully saturated rings. The van der Waals surface area contributed by atoms with Crippen LogP contribution in [0, 0.1) is 34.5 Å². The molecule has 10 unspecified atom stereocenters. The van der Waals surface area contributed by atoms with Crippen LogP contribution in [-0.2, 0) is 28.7 Å². The standard InChI is InChI=1S/C35H50F2O7/c1-7-9-12-31(42)44-35(29(40)20-43-30(41)13-10-11-21(3)8-2)22(4)16-24-25-18-27(36)26-17-23(38)14-15-32(26,5)34(25,37)28(39)19-33(24,35)6/h14-15,17,21-22,24-25,27-28,39H,7-13,16,18-20H2,1-6H3. The molecule has 4 aliphatic rings. The summed E-state index contributed by atoms with van der Waals surface area (Å²) in [5.41, 5.74) is -6.94. The fourth-order valence-corrected chi connectivity index (χ4v) is 9.07. The Balaban J connectivity index is 1.69. The molecule has 4 rings (SSSR count). The maximum absolute atomic E-state index is 17.6. The van der Waals surface area contributed by atoms with Gasteiger partial charge in [-0.25, -0.2) is 8.78 Å². The summed E-state index contributed by atoms with van der Waals surface area (Å²) in [4.78, 5) is 52.2. The van der Waals surface area contributed by atoms with Crippen molar-refractivity contribution >= 4 is 23.5 Å². The lowest BCUT2D eigenvalue weighted by Gasteiger charge is -2.63. The zero-order chi connectivity index (χ0) is 32.7. The number of fused-ring (bicyclic) bond motifs is 5. The number of hydrogen-bond donors (Lipinski definition) is 1. The molecule has 0 heterocycles. The highest BCUT2D eigenvalue weighted by molar-refractivity contribution is 6.01. The van der Waals surface area contributed by atoms with Crippen LogP contribution in [-0.4, -0.2) is 58.8 Å². The Bertz CT molecular complexity index is 1210. The van der Waals surface area contributed by atoms with Gasteiger partial charge < -0.3 is 14.6 Å². The monoisotopic (exact) mass is 620 g/mol. The molecule has 0 spiro atoms. The highest BCUT2D eigenvalue weighted by atomic mass is 19.1. The molecule has 10 atom stereocenters. The van der Waals surface area contributed by atoms with Gasteiger partial charge in [0.15, 0.2) is 23.7 Å². The van der Waals surface area contributed by atoms with Gasteiger partial charge in [-0.2, -0.15) is 0 Å². The van der Waals surface area contributed by atoms with E-state index in [1.165, 1.54) is 19.1 Å². The molecule has 3 saturated carbocycles. The van der Waals surface area contributed by atoms with E-state index in [-0.39, 0.29) is 37.7 Å². The van der Waals surface area contributed by atoms with E-state index >= 15 is 8.78 Å². The molecule has 0 aliphatic heterocycles. The number of halogens is 2. The lowest BCUT2D eigenvalue weighted by atomic mass is 9.44. The van der Waals surface area contributed by atoms with Crippen LogP contribution in [0.3, 0.4) is 0 Å². The van der Waals surface area contributed by atoms with Crippen molar-refractivity contribution in [3.63, 3.8) is 0 Å². The van der Waals surface area contributed by atoms with Crippen molar-refractivity contribution in [1.29, 1.82) is 0 Å². The fraction of sp³-hybridized carbons (Fsp3) is 0.771. The van der Waals surface area contributed by atoms with E-state index in [4.69, 9.17) is 9.47 Å².